The third kappa shape index (κ3) is 3.17. The molecule has 5 rings (SSSR count). The van der Waals surface area contributed by atoms with E-state index in [0.717, 1.165) is 27.8 Å². The van der Waals surface area contributed by atoms with Crippen molar-refractivity contribution in [3.63, 3.8) is 0 Å². The minimum absolute atomic E-state index is 0.0698. The summed E-state index contributed by atoms with van der Waals surface area (Å²) in [6, 6.07) is 10.5. The molecule has 0 spiro atoms. The van der Waals surface area contributed by atoms with Gasteiger partial charge in [0.1, 0.15) is 5.65 Å². The molecule has 0 unspecified atom stereocenters. The van der Waals surface area contributed by atoms with Gasteiger partial charge in [-0.25, -0.2) is 4.98 Å². The van der Waals surface area contributed by atoms with E-state index in [0.29, 0.717) is 37.9 Å². The zero-order valence-electron chi connectivity index (χ0n) is 15.1. The van der Waals surface area contributed by atoms with E-state index in [9.17, 15) is 4.79 Å². The normalized spacial score (nSPS) is 17.3. The molecule has 6 heteroatoms. The van der Waals surface area contributed by atoms with Gasteiger partial charge in [0.05, 0.1) is 18.9 Å². The van der Waals surface area contributed by atoms with E-state index in [1.807, 2.05) is 41.6 Å². The topological polar surface area (TPSA) is 70.2 Å². The number of carbonyl (C=O) groups excluding carboxylic acids is 1. The third-order valence-electron chi connectivity index (χ3n) is 5.25. The number of hydrogen-bond acceptors (Lipinski definition) is 4. The van der Waals surface area contributed by atoms with Crippen molar-refractivity contribution in [3.05, 3.63) is 48.3 Å². The quantitative estimate of drug-likeness (QED) is 0.747. The van der Waals surface area contributed by atoms with E-state index < -0.39 is 0 Å². The molecular weight excluding hydrogens is 340 g/mol. The summed E-state index contributed by atoms with van der Waals surface area (Å²) < 4.78 is 5.33. The summed E-state index contributed by atoms with van der Waals surface area (Å²) in [5, 5.41) is 4.76. The molecule has 2 N–H and O–H groups in total. The van der Waals surface area contributed by atoms with Gasteiger partial charge in [-0.15, -0.1) is 0 Å². The number of carbonyl (C=O) groups is 1. The Kier molecular flexibility index (Phi) is 4.05. The molecule has 27 heavy (non-hydrogen) atoms. The standard InChI is InChI=1S/C21H22N4O2/c26-21(25-9-11-27-12-10-25)15-3-1-14(2-4-15)18-13-23-20-17(7-8-22-20)19(18)24-16-5-6-16/h1-4,7-8,13,16H,5-6,9-12H2,(H2,22,23,24). The predicted molar refractivity (Wildman–Crippen MR) is 105 cm³/mol. The molecule has 1 aliphatic carbocycles. The van der Waals surface area contributed by atoms with Gasteiger partial charge < -0.3 is 19.9 Å². The van der Waals surface area contributed by atoms with Crippen molar-refractivity contribution in [3.8, 4) is 11.1 Å². The Balaban J connectivity index is 1.46. The maximum Gasteiger partial charge on any atom is 0.254 e. The maximum atomic E-state index is 12.6. The van der Waals surface area contributed by atoms with E-state index in [2.05, 4.69) is 21.4 Å². The number of rotatable bonds is 4. The van der Waals surface area contributed by atoms with E-state index in [1.165, 1.54) is 12.8 Å². The van der Waals surface area contributed by atoms with Crippen LogP contribution in [-0.4, -0.2) is 53.1 Å². The SMILES string of the molecule is O=C(c1ccc(-c2cnc3[nH]ccc3c2NC2CC2)cc1)N1CCOCC1. The fourth-order valence-electron chi connectivity index (χ4n) is 3.56. The van der Waals surface area contributed by atoms with Crippen LogP contribution in [0.1, 0.15) is 23.2 Å². The van der Waals surface area contributed by atoms with Crippen molar-refractivity contribution in [1.82, 2.24) is 14.9 Å². The number of hydrogen-bond donors (Lipinski definition) is 2. The fourth-order valence-corrected chi connectivity index (χ4v) is 3.56. The molecule has 1 aromatic carbocycles. The highest BCUT2D eigenvalue weighted by Crippen LogP contribution is 2.37. The Bertz CT molecular complexity index is 970. The zero-order valence-corrected chi connectivity index (χ0v) is 15.1. The molecule has 0 bridgehead atoms. The summed E-state index contributed by atoms with van der Waals surface area (Å²) in [4.78, 5) is 22.2. The molecule has 3 aromatic rings. The van der Waals surface area contributed by atoms with Gasteiger partial charge in [0.15, 0.2) is 0 Å². The van der Waals surface area contributed by atoms with Crippen LogP contribution < -0.4 is 5.32 Å². The van der Waals surface area contributed by atoms with Crippen molar-refractivity contribution >= 4 is 22.6 Å². The average molecular weight is 362 g/mol. The Labute approximate surface area is 157 Å². The van der Waals surface area contributed by atoms with E-state index in [-0.39, 0.29) is 5.91 Å². The van der Waals surface area contributed by atoms with Crippen molar-refractivity contribution in [2.45, 2.75) is 18.9 Å². The van der Waals surface area contributed by atoms with Crippen LogP contribution in [0, 0.1) is 0 Å². The van der Waals surface area contributed by atoms with Crippen molar-refractivity contribution < 1.29 is 9.53 Å². The van der Waals surface area contributed by atoms with Crippen LogP contribution in [0.4, 0.5) is 5.69 Å². The van der Waals surface area contributed by atoms with E-state index >= 15 is 0 Å². The predicted octanol–water partition coefficient (Wildman–Crippen LogP) is 3.28. The molecule has 138 valence electrons. The second kappa shape index (κ2) is 6.70. The zero-order chi connectivity index (χ0) is 18.2. The number of morpholine rings is 1. The van der Waals surface area contributed by atoms with Gasteiger partial charge in [0.2, 0.25) is 0 Å². The van der Waals surface area contributed by atoms with Crippen LogP contribution in [-0.2, 0) is 4.74 Å². The van der Waals surface area contributed by atoms with Gasteiger partial charge in [-0.05, 0) is 36.6 Å². The van der Waals surface area contributed by atoms with Crippen molar-refractivity contribution in [1.29, 1.82) is 0 Å². The van der Waals surface area contributed by atoms with E-state index in [1.54, 1.807) is 0 Å². The number of fused-ring (bicyclic) bond motifs is 1. The maximum absolute atomic E-state index is 12.6. The summed E-state index contributed by atoms with van der Waals surface area (Å²) in [7, 11) is 0. The number of aromatic amines is 1. The number of anilines is 1. The largest absolute Gasteiger partial charge is 0.381 e. The Hall–Kier alpha value is -2.86. The lowest BCUT2D eigenvalue weighted by molar-refractivity contribution is 0.0303. The molecule has 1 aliphatic heterocycles. The van der Waals surface area contributed by atoms with Crippen LogP contribution in [0.15, 0.2) is 42.7 Å². The second-order valence-corrected chi connectivity index (χ2v) is 7.19. The molecule has 3 heterocycles. The first-order valence-corrected chi connectivity index (χ1v) is 9.50. The van der Waals surface area contributed by atoms with Gasteiger partial charge in [-0.3, -0.25) is 4.79 Å². The minimum Gasteiger partial charge on any atom is -0.381 e. The summed E-state index contributed by atoms with van der Waals surface area (Å²) >= 11 is 0. The molecule has 2 aliphatic rings. The molecule has 1 amide bonds. The molecule has 0 atom stereocenters. The van der Waals surface area contributed by atoms with Gasteiger partial charge in [0, 0.05) is 48.0 Å². The Morgan fingerprint density at radius 3 is 2.67 bits per heavy atom. The number of nitrogens with one attached hydrogen (secondary N) is 2. The molecule has 0 radical (unpaired) electrons. The number of benzene rings is 1. The number of ether oxygens (including phenoxy) is 1. The smallest absolute Gasteiger partial charge is 0.254 e. The third-order valence-corrected chi connectivity index (χ3v) is 5.25. The number of H-pyrrole nitrogens is 1. The average Bonchev–Trinajstić information content (AvgIpc) is 3.41. The first-order chi connectivity index (χ1) is 13.3. The first kappa shape index (κ1) is 16.3. The van der Waals surface area contributed by atoms with E-state index in [4.69, 9.17) is 4.74 Å². The lowest BCUT2D eigenvalue weighted by Crippen LogP contribution is -2.40. The van der Waals surface area contributed by atoms with Gasteiger partial charge in [0.25, 0.3) is 5.91 Å². The monoisotopic (exact) mass is 362 g/mol. The van der Waals surface area contributed by atoms with Gasteiger partial charge >= 0.3 is 0 Å². The van der Waals surface area contributed by atoms with Crippen LogP contribution in [0.5, 0.6) is 0 Å². The molecule has 1 saturated heterocycles. The minimum atomic E-state index is 0.0698. The van der Waals surface area contributed by atoms with Crippen LogP contribution >= 0.6 is 0 Å². The van der Waals surface area contributed by atoms with Crippen molar-refractivity contribution in [2.75, 3.05) is 31.6 Å². The first-order valence-electron chi connectivity index (χ1n) is 9.50. The highest BCUT2D eigenvalue weighted by molar-refractivity contribution is 5.99. The van der Waals surface area contributed by atoms with Gasteiger partial charge in [-0.2, -0.15) is 0 Å². The number of aromatic nitrogens is 2. The second-order valence-electron chi connectivity index (χ2n) is 7.19. The van der Waals surface area contributed by atoms with Crippen molar-refractivity contribution in [2.24, 2.45) is 0 Å². The van der Waals surface area contributed by atoms with Crippen LogP contribution in [0.3, 0.4) is 0 Å². The number of pyridine rings is 1. The summed E-state index contributed by atoms with van der Waals surface area (Å²) in [6.45, 7) is 2.54. The Morgan fingerprint density at radius 2 is 1.93 bits per heavy atom. The lowest BCUT2D eigenvalue weighted by Gasteiger charge is -2.26. The highest BCUT2D eigenvalue weighted by atomic mass is 16.5. The van der Waals surface area contributed by atoms with Crippen LogP contribution in [0.25, 0.3) is 22.2 Å². The molecule has 1 saturated carbocycles. The Morgan fingerprint density at radius 1 is 1.15 bits per heavy atom. The van der Waals surface area contributed by atoms with Gasteiger partial charge in [-0.1, -0.05) is 12.1 Å². The highest BCUT2D eigenvalue weighted by Gasteiger charge is 2.24. The molecule has 2 fully saturated rings. The number of nitrogens with zero attached hydrogens (tertiary/aromatic N) is 2. The molecule has 6 nitrogen and oxygen atoms in total. The fraction of sp³-hybridized carbons (Fsp3) is 0.333. The summed E-state index contributed by atoms with van der Waals surface area (Å²) in [5.74, 6) is 0.0698. The lowest BCUT2D eigenvalue weighted by atomic mass is 10.0. The number of amides is 1. The summed E-state index contributed by atoms with van der Waals surface area (Å²) in [6.07, 6.45) is 6.24. The molecule has 2 aromatic heterocycles. The van der Waals surface area contributed by atoms with Crippen LogP contribution in [0.2, 0.25) is 0 Å². The summed E-state index contributed by atoms with van der Waals surface area (Å²) in [5.41, 5.74) is 4.86. The molecular formula is C21H22N4O2.